The molecule has 1 aliphatic heterocycles. The second kappa shape index (κ2) is 8.14. The van der Waals surface area contributed by atoms with Gasteiger partial charge in [-0.1, -0.05) is 19.1 Å². The molecule has 0 spiro atoms. The predicted molar refractivity (Wildman–Crippen MR) is 117 cm³/mol. The molecule has 0 bridgehead atoms. The minimum Gasteiger partial charge on any atom is -0.507 e. The summed E-state index contributed by atoms with van der Waals surface area (Å²) in [5.74, 6) is -0.681. The molecule has 3 aromatic rings. The Morgan fingerprint density at radius 2 is 1.87 bits per heavy atom. The number of ketones is 1. The van der Waals surface area contributed by atoms with Gasteiger partial charge in [-0.15, -0.1) is 0 Å². The van der Waals surface area contributed by atoms with Crippen LogP contribution in [0.15, 0.2) is 70.9 Å². The summed E-state index contributed by atoms with van der Waals surface area (Å²) in [6.45, 7) is 3.85. The maximum atomic E-state index is 13.1. The van der Waals surface area contributed by atoms with Gasteiger partial charge in [0.1, 0.15) is 23.3 Å². The van der Waals surface area contributed by atoms with Crippen LogP contribution in [-0.2, 0) is 16.0 Å². The van der Waals surface area contributed by atoms with E-state index in [-0.39, 0.29) is 11.3 Å². The van der Waals surface area contributed by atoms with Crippen molar-refractivity contribution in [3.05, 3.63) is 88.9 Å². The summed E-state index contributed by atoms with van der Waals surface area (Å²) < 4.78 is 10.8. The minimum absolute atomic E-state index is 0.00668. The summed E-state index contributed by atoms with van der Waals surface area (Å²) in [6.07, 6.45) is 2.34. The van der Waals surface area contributed by atoms with Crippen molar-refractivity contribution in [1.29, 1.82) is 0 Å². The number of hydrogen-bond acceptors (Lipinski definition) is 5. The average molecular weight is 417 g/mol. The van der Waals surface area contributed by atoms with Crippen molar-refractivity contribution in [2.24, 2.45) is 0 Å². The smallest absolute Gasteiger partial charge is 0.300 e. The number of carbonyl (C=O) groups excluding carboxylic acids is 2. The van der Waals surface area contributed by atoms with Crippen LogP contribution < -0.4 is 9.64 Å². The fraction of sp³-hybridized carbons (Fsp3) is 0.200. The van der Waals surface area contributed by atoms with Gasteiger partial charge in [-0.05, 0) is 66.9 Å². The van der Waals surface area contributed by atoms with Crippen molar-refractivity contribution >= 4 is 23.1 Å². The van der Waals surface area contributed by atoms with Gasteiger partial charge in [0, 0.05) is 11.3 Å². The van der Waals surface area contributed by atoms with Crippen LogP contribution in [0.4, 0.5) is 5.69 Å². The number of rotatable bonds is 5. The van der Waals surface area contributed by atoms with E-state index in [2.05, 4.69) is 0 Å². The summed E-state index contributed by atoms with van der Waals surface area (Å²) in [7, 11) is 1.56. The quantitative estimate of drug-likeness (QED) is 0.367. The third-order valence-electron chi connectivity index (χ3n) is 5.57. The van der Waals surface area contributed by atoms with Crippen molar-refractivity contribution in [2.75, 3.05) is 12.0 Å². The third-order valence-corrected chi connectivity index (χ3v) is 5.57. The Morgan fingerprint density at radius 3 is 2.45 bits per heavy atom. The standard InChI is InChI=1S/C25H23NO5/c1-4-16-7-9-17(10-8-16)26-22(20-6-5-13-31-20)21(24(28)25(26)29)23(27)19-12-11-18(30-3)14-15(19)2/h5-14,22,27H,4H2,1-3H3/b23-21-. The first-order chi connectivity index (χ1) is 15.0. The number of hydrogen-bond donors (Lipinski definition) is 1. The number of methoxy groups -OCH3 is 1. The van der Waals surface area contributed by atoms with Crippen molar-refractivity contribution < 1.29 is 23.8 Å². The number of furan rings is 1. The molecule has 6 nitrogen and oxygen atoms in total. The molecular weight excluding hydrogens is 394 g/mol. The Kier molecular flexibility index (Phi) is 5.38. The SMILES string of the molecule is CCc1ccc(N2C(=O)C(=O)/C(=C(\O)c3ccc(OC)cc3C)C2c2ccco2)cc1. The van der Waals surface area contributed by atoms with Gasteiger partial charge < -0.3 is 14.3 Å². The van der Waals surface area contributed by atoms with Gasteiger partial charge in [-0.2, -0.15) is 0 Å². The van der Waals surface area contributed by atoms with Crippen molar-refractivity contribution in [3.8, 4) is 5.75 Å². The van der Waals surface area contributed by atoms with Crippen LogP contribution in [0.5, 0.6) is 5.75 Å². The number of aliphatic hydroxyl groups is 1. The van der Waals surface area contributed by atoms with Crippen LogP contribution in [0.2, 0.25) is 0 Å². The van der Waals surface area contributed by atoms with E-state index in [9.17, 15) is 14.7 Å². The molecular formula is C25H23NO5. The first-order valence-electron chi connectivity index (χ1n) is 10.0. The molecule has 6 heteroatoms. The van der Waals surface area contributed by atoms with Crippen LogP contribution in [0.25, 0.3) is 5.76 Å². The Balaban J connectivity index is 1.89. The van der Waals surface area contributed by atoms with E-state index in [1.807, 2.05) is 19.1 Å². The highest BCUT2D eigenvalue weighted by molar-refractivity contribution is 6.51. The number of amides is 1. The highest BCUT2D eigenvalue weighted by Crippen LogP contribution is 2.42. The Labute approximate surface area is 180 Å². The monoisotopic (exact) mass is 417 g/mol. The van der Waals surface area contributed by atoms with Crippen LogP contribution in [0, 0.1) is 6.92 Å². The van der Waals surface area contributed by atoms with Crippen molar-refractivity contribution in [3.63, 3.8) is 0 Å². The first-order valence-corrected chi connectivity index (χ1v) is 10.0. The number of Topliss-reactive ketones (excluding diaryl/α,β-unsaturated/α-hetero) is 1. The Hall–Kier alpha value is -3.80. The zero-order chi connectivity index (χ0) is 22.1. The molecule has 1 saturated heterocycles. The molecule has 4 rings (SSSR count). The topological polar surface area (TPSA) is 80.0 Å². The molecule has 31 heavy (non-hydrogen) atoms. The largest absolute Gasteiger partial charge is 0.507 e. The number of benzene rings is 2. The molecule has 1 atom stereocenters. The van der Waals surface area contributed by atoms with Gasteiger partial charge >= 0.3 is 0 Å². The number of nitrogens with zero attached hydrogens (tertiary/aromatic N) is 1. The van der Waals surface area contributed by atoms with E-state index in [1.54, 1.807) is 56.5 Å². The maximum Gasteiger partial charge on any atom is 0.300 e. The van der Waals surface area contributed by atoms with E-state index in [4.69, 9.17) is 9.15 Å². The van der Waals surface area contributed by atoms with Crippen LogP contribution in [0.1, 0.15) is 35.4 Å². The molecule has 1 aliphatic rings. The van der Waals surface area contributed by atoms with Crippen LogP contribution in [0.3, 0.4) is 0 Å². The number of ether oxygens (including phenoxy) is 1. The van der Waals surface area contributed by atoms with E-state index in [1.165, 1.54) is 11.2 Å². The van der Waals surface area contributed by atoms with Crippen molar-refractivity contribution in [2.45, 2.75) is 26.3 Å². The summed E-state index contributed by atoms with van der Waals surface area (Å²) in [5, 5.41) is 11.2. The van der Waals surface area contributed by atoms with Gasteiger partial charge in [0.25, 0.3) is 11.7 Å². The van der Waals surface area contributed by atoms with Gasteiger partial charge in [0.05, 0.1) is 18.9 Å². The lowest BCUT2D eigenvalue weighted by Crippen LogP contribution is -2.29. The summed E-state index contributed by atoms with van der Waals surface area (Å²) in [6, 6.07) is 15.1. The number of aliphatic hydroxyl groups excluding tert-OH is 1. The fourth-order valence-electron chi connectivity index (χ4n) is 3.88. The van der Waals surface area contributed by atoms with Gasteiger partial charge in [-0.25, -0.2) is 0 Å². The van der Waals surface area contributed by atoms with E-state index in [0.29, 0.717) is 28.3 Å². The molecule has 1 unspecified atom stereocenters. The van der Waals surface area contributed by atoms with Gasteiger partial charge in [0.2, 0.25) is 0 Å². The highest BCUT2D eigenvalue weighted by atomic mass is 16.5. The van der Waals surface area contributed by atoms with Gasteiger partial charge in [0.15, 0.2) is 0 Å². The highest BCUT2D eigenvalue weighted by Gasteiger charge is 2.48. The van der Waals surface area contributed by atoms with Crippen LogP contribution >= 0.6 is 0 Å². The molecule has 158 valence electrons. The maximum absolute atomic E-state index is 13.1. The zero-order valence-electron chi connectivity index (χ0n) is 17.6. The molecule has 1 fully saturated rings. The Morgan fingerprint density at radius 1 is 1.13 bits per heavy atom. The number of carbonyl (C=O) groups is 2. The number of anilines is 1. The van der Waals surface area contributed by atoms with Gasteiger partial charge in [-0.3, -0.25) is 14.5 Å². The lowest BCUT2D eigenvalue weighted by Gasteiger charge is -2.23. The summed E-state index contributed by atoms with van der Waals surface area (Å²) in [5.41, 5.74) is 2.84. The second-order valence-corrected chi connectivity index (χ2v) is 7.39. The molecule has 0 radical (unpaired) electrons. The number of aryl methyl sites for hydroxylation is 2. The Bertz CT molecular complexity index is 1160. The minimum atomic E-state index is -0.871. The van der Waals surface area contributed by atoms with Crippen molar-refractivity contribution in [1.82, 2.24) is 0 Å². The normalized spacial score (nSPS) is 17.9. The third kappa shape index (κ3) is 3.50. The summed E-state index contributed by atoms with van der Waals surface area (Å²) >= 11 is 0. The molecule has 1 amide bonds. The lowest BCUT2D eigenvalue weighted by atomic mass is 9.96. The molecule has 2 heterocycles. The molecule has 0 aliphatic carbocycles. The molecule has 1 aromatic heterocycles. The van der Waals surface area contributed by atoms with E-state index < -0.39 is 17.7 Å². The summed E-state index contributed by atoms with van der Waals surface area (Å²) in [4.78, 5) is 27.5. The van der Waals surface area contributed by atoms with E-state index in [0.717, 1.165) is 12.0 Å². The lowest BCUT2D eigenvalue weighted by molar-refractivity contribution is -0.132. The zero-order valence-corrected chi connectivity index (χ0v) is 17.6. The average Bonchev–Trinajstić information content (AvgIpc) is 3.40. The molecule has 0 saturated carbocycles. The predicted octanol–water partition coefficient (Wildman–Crippen LogP) is 4.79. The molecule has 1 N–H and O–H groups in total. The van der Waals surface area contributed by atoms with Crippen LogP contribution in [-0.4, -0.2) is 23.9 Å². The molecule has 2 aromatic carbocycles. The first kappa shape index (κ1) is 20.5. The fourth-order valence-corrected chi connectivity index (χ4v) is 3.88. The second-order valence-electron chi connectivity index (χ2n) is 7.39. The van der Waals surface area contributed by atoms with E-state index >= 15 is 0 Å².